The van der Waals surface area contributed by atoms with E-state index < -0.39 is 0 Å². The molecule has 0 saturated carbocycles. The highest BCUT2D eigenvalue weighted by Gasteiger charge is 2.20. The third-order valence-electron chi connectivity index (χ3n) is 4.81. The minimum absolute atomic E-state index is 0.135. The Kier molecular flexibility index (Phi) is 7.36. The highest BCUT2D eigenvalue weighted by Crippen LogP contribution is 2.26. The molecule has 2 aromatic carbocycles. The zero-order valence-electron chi connectivity index (χ0n) is 18.3. The fourth-order valence-corrected chi connectivity index (χ4v) is 4.09. The summed E-state index contributed by atoms with van der Waals surface area (Å²) >= 11 is 7.81. The molecular weight excluding hydrogens is 460 g/mol. The van der Waals surface area contributed by atoms with Gasteiger partial charge in [-0.1, -0.05) is 36.7 Å². The van der Waals surface area contributed by atoms with Crippen molar-refractivity contribution in [2.45, 2.75) is 33.4 Å². The second kappa shape index (κ2) is 10.6. The topological polar surface area (TPSA) is 81.4 Å². The van der Waals surface area contributed by atoms with Gasteiger partial charge in [-0.3, -0.25) is 4.79 Å². The molecule has 9 heteroatoms. The van der Waals surface area contributed by atoms with Crippen molar-refractivity contribution in [3.05, 3.63) is 81.1 Å². The molecular formula is C24H23ClN4O3S. The van der Waals surface area contributed by atoms with Gasteiger partial charge in [0.1, 0.15) is 12.4 Å². The molecule has 2 heterocycles. The second-order valence-corrected chi connectivity index (χ2v) is 8.85. The third-order valence-corrected chi connectivity index (χ3v) is 5.96. The minimum Gasteiger partial charge on any atom is -0.487 e. The summed E-state index contributed by atoms with van der Waals surface area (Å²) in [4.78, 5) is 19.3. The number of aryl methyl sites for hydroxylation is 1. The summed E-state index contributed by atoms with van der Waals surface area (Å²) in [5, 5.41) is 11.7. The lowest BCUT2D eigenvalue weighted by molar-refractivity contribution is 0.0728. The van der Waals surface area contributed by atoms with Crippen molar-refractivity contribution in [3.63, 3.8) is 0 Å². The van der Waals surface area contributed by atoms with E-state index in [0.717, 1.165) is 17.1 Å². The van der Waals surface area contributed by atoms with Crippen molar-refractivity contribution >= 4 is 28.8 Å². The molecule has 0 unspecified atom stereocenters. The van der Waals surface area contributed by atoms with Crippen molar-refractivity contribution < 1.29 is 13.9 Å². The van der Waals surface area contributed by atoms with Crippen LogP contribution in [0.1, 0.15) is 40.3 Å². The van der Waals surface area contributed by atoms with Crippen molar-refractivity contribution in [3.8, 4) is 17.2 Å². The van der Waals surface area contributed by atoms with Crippen LogP contribution in [0.5, 0.6) is 5.75 Å². The molecule has 0 aliphatic carbocycles. The molecule has 2 aromatic heterocycles. The van der Waals surface area contributed by atoms with E-state index in [1.807, 2.05) is 43.5 Å². The van der Waals surface area contributed by atoms with Gasteiger partial charge in [-0.25, -0.2) is 4.98 Å². The van der Waals surface area contributed by atoms with E-state index in [9.17, 15) is 4.79 Å². The van der Waals surface area contributed by atoms with E-state index in [1.54, 1.807) is 40.5 Å². The molecule has 170 valence electrons. The largest absolute Gasteiger partial charge is 0.487 e. The lowest BCUT2D eigenvalue weighted by atomic mass is 10.2. The van der Waals surface area contributed by atoms with Gasteiger partial charge < -0.3 is 14.1 Å². The lowest BCUT2D eigenvalue weighted by Gasteiger charge is -2.20. The summed E-state index contributed by atoms with van der Waals surface area (Å²) in [6, 6.07) is 14.4. The Morgan fingerprint density at radius 2 is 2.03 bits per heavy atom. The molecule has 0 spiro atoms. The number of hydrogen-bond donors (Lipinski definition) is 0. The summed E-state index contributed by atoms with van der Waals surface area (Å²) in [6.07, 6.45) is 0.788. The van der Waals surface area contributed by atoms with Crippen molar-refractivity contribution in [1.82, 2.24) is 20.1 Å². The number of benzene rings is 2. The number of thiazole rings is 1. The normalized spacial score (nSPS) is 10.9. The number of halogens is 1. The van der Waals surface area contributed by atoms with Crippen LogP contribution in [0, 0.1) is 6.92 Å². The molecule has 0 aliphatic rings. The molecule has 0 atom stereocenters. The zero-order valence-corrected chi connectivity index (χ0v) is 19.9. The van der Waals surface area contributed by atoms with Crippen LogP contribution < -0.4 is 4.74 Å². The third kappa shape index (κ3) is 5.77. The maximum atomic E-state index is 13.2. The van der Waals surface area contributed by atoms with Crippen LogP contribution in [-0.2, 0) is 13.2 Å². The number of hydrogen-bond acceptors (Lipinski definition) is 7. The summed E-state index contributed by atoms with van der Waals surface area (Å²) in [5.41, 5.74) is 2.06. The summed E-state index contributed by atoms with van der Waals surface area (Å²) < 4.78 is 11.6. The Morgan fingerprint density at radius 3 is 2.79 bits per heavy atom. The maximum Gasteiger partial charge on any atom is 0.254 e. The van der Waals surface area contributed by atoms with Crippen LogP contribution in [0.15, 0.2) is 58.3 Å². The number of aromatic nitrogens is 3. The Morgan fingerprint density at radius 1 is 1.18 bits per heavy atom. The first-order valence-corrected chi connectivity index (χ1v) is 11.8. The average Bonchev–Trinajstić information content (AvgIpc) is 3.46. The summed E-state index contributed by atoms with van der Waals surface area (Å²) in [7, 11) is 0. The summed E-state index contributed by atoms with van der Waals surface area (Å²) in [6.45, 7) is 5.07. The van der Waals surface area contributed by atoms with Gasteiger partial charge in [0.25, 0.3) is 5.91 Å². The quantitative estimate of drug-likeness (QED) is 0.300. The van der Waals surface area contributed by atoms with Gasteiger partial charge in [0.05, 0.1) is 27.8 Å². The van der Waals surface area contributed by atoms with Gasteiger partial charge in [-0.2, -0.15) is 0 Å². The molecule has 0 fully saturated rings. The molecule has 4 rings (SSSR count). The number of amides is 1. The van der Waals surface area contributed by atoms with Crippen LogP contribution >= 0.6 is 22.9 Å². The smallest absolute Gasteiger partial charge is 0.254 e. The molecule has 33 heavy (non-hydrogen) atoms. The lowest BCUT2D eigenvalue weighted by Crippen LogP contribution is -2.31. The minimum atomic E-state index is -0.135. The second-order valence-electron chi connectivity index (χ2n) is 7.38. The fraction of sp³-hybridized carbons (Fsp3) is 0.250. The SMILES string of the molecule is CCCN(Cc1nnc(-c2ccccc2Cl)o1)C(=O)c1cccc(OCc2csc(C)n2)c1. The van der Waals surface area contributed by atoms with Crippen molar-refractivity contribution in [2.75, 3.05) is 6.54 Å². The van der Waals surface area contributed by atoms with Gasteiger partial charge in [-0.15, -0.1) is 21.5 Å². The Bertz CT molecular complexity index is 1240. The molecule has 0 saturated heterocycles. The molecule has 7 nitrogen and oxygen atoms in total. The number of nitrogens with zero attached hydrogens (tertiary/aromatic N) is 4. The highest BCUT2D eigenvalue weighted by molar-refractivity contribution is 7.09. The predicted molar refractivity (Wildman–Crippen MR) is 127 cm³/mol. The van der Waals surface area contributed by atoms with Gasteiger partial charge >= 0.3 is 0 Å². The predicted octanol–water partition coefficient (Wildman–Crippen LogP) is 5.79. The molecule has 1 amide bonds. The molecule has 0 bridgehead atoms. The number of carbonyl (C=O) groups is 1. The van der Waals surface area contributed by atoms with E-state index in [4.69, 9.17) is 20.8 Å². The number of carbonyl (C=O) groups excluding carboxylic acids is 1. The van der Waals surface area contributed by atoms with E-state index in [1.165, 1.54) is 0 Å². The molecule has 4 aromatic rings. The number of rotatable bonds is 9. The number of ether oxygens (including phenoxy) is 1. The highest BCUT2D eigenvalue weighted by atomic mass is 35.5. The van der Waals surface area contributed by atoms with Crippen LogP contribution in [0.25, 0.3) is 11.5 Å². The Balaban J connectivity index is 1.47. The van der Waals surface area contributed by atoms with Crippen molar-refractivity contribution in [1.29, 1.82) is 0 Å². The Hall–Kier alpha value is -3.23. The first kappa shape index (κ1) is 22.9. The monoisotopic (exact) mass is 482 g/mol. The zero-order chi connectivity index (χ0) is 23.2. The van der Waals surface area contributed by atoms with E-state index in [2.05, 4.69) is 15.2 Å². The van der Waals surface area contributed by atoms with Crippen molar-refractivity contribution in [2.24, 2.45) is 0 Å². The molecule has 0 aliphatic heterocycles. The standard InChI is InChI=1S/C24H23ClN4O3S/c1-3-11-29(13-22-27-28-23(32-22)20-9-4-5-10-21(20)25)24(30)17-7-6-8-19(12-17)31-14-18-15-33-16(2)26-18/h4-10,12,15H,3,11,13-14H2,1-2H3. The Labute approximate surface area is 201 Å². The van der Waals surface area contributed by atoms with Gasteiger partial charge in [0.15, 0.2) is 0 Å². The van der Waals surface area contributed by atoms with Gasteiger partial charge in [-0.05, 0) is 43.7 Å². The summed E-state index contributed by atoms with van der Waals surface area (Å²) in [5.74, 6) is 1.15. The first-order chi connectivity index (χ1) is 16.0. The molecule has 0 radical (unpaired) electrons. The van der Waals surface area contributed by atoms with Crippen LogP contribution in [0.4, 0.5) is 0 Å². The van der Waals surface area contributed by atoms with Gasteiger partial charge in [0.2, 0.25) is 11.8 Å². The van der Waals surface area contributed by atoms with Crippen LogP contribution in [0.2, 0.25) is 5.02 Å². The maximum absolute atomic E-state index is 13.2. The van der Waals surface area contributed by atoms with Crippen LogP contribution in [0.3, 0.4) is 0 Å². The average molecular weight is 483 g/mol. The van der Waals surface area contributed by atoms with E-state index >= 15 is 0 Å². The van der Waals surface area contributed by atoms with E-state index in [0.29, 0.717) is 46.8 Å². The fourth-order valence-electron chi connectivity index (χ4n) is 3.28. The van der Waals surface area contributed by atoms with E-state index in [-0.39, 0.29) is 12.5 Å². The van der Waals surface area contributed by atoms with Crippen LogP contribution in [-0.4, -0.2) is 32.5 Å². The first-order valence-electron chi connectivity index (χ1n) is 10.5. The molecule has 0 N–H and O–H groups in total. The van der Waals surface area contributed by atoms with Gasteiger partial charge in [0, 0.05) is 17.5 Å².